The smallest absolute Gasteiger partial charge is 0.188 e. The fraction of sp³-hybridized carbons (Fsp3) is 0.800. The van der Waals surface area contributed by atoms with E-state index in [1.807, 2.05) is 13.0 Å². The summed E-state index contributed by atoms with van der Waals surface area (Å²) < 4.78 is 10.8. The minimum atomic E-state index is 0.154. The van der Waals surface area contributed by atoms with Crippen LogP contribution in [0.3, 0.4) is 0 Å². The van der Waals surface area contributed by atoms with Crippen LogP contribution in [-0.2, 0) is 9.47 Å². The van der Waals surface area contributed by atoms with Gasteiger partial charge >= 0.3 is 0 Å². The molecule has 70 valence electrons. The second-order valence-corrected chi connectivity index (χ2v) is 3.29. The summed E-state index contributed by atoms with van der Waals surface area (Å²) >= 11 is 0. The highest BCUT2D eigenvalue weighted by atomic mass is 16.7. The summed E-state index contributed by atoms with van der Waals surface area (Å²) in [6, 6.07) is 0. The molecule has 0 spiro atoms. The maximum atomic E-state index is 5.64. The summed E-state index contributed by atoms with van der Waals surface area (Å²) in [5, 5.41) is 0. The van der Waals surface area contributed by atoms with Crippen molar-refractivity contribution in [2.45, 2.75) is 45.1 Å². The largest absolute Gasteiger partial charge is 0.475 e. The topological polar surface area (TPSA) is 18.5 Å². The van der Waals surface area contributed by atoms with Crippen molar-refractivity contribution in [2.24, 2.45) is 0 Å². The highest BCUT2D eigenvalue weighted by Gasteiger charge is 2.36. The highest BCUT2D eigenvalue weighted by Crippen LogP contribution is 2.38. The minimum absolute atomic E-state index is 0.154. The summed E-state index contributed by atoms with van der Waals surface area (Å²) in [6.45, 7) is 4.51. The van der Waals surface area contributed by atoms with Crippen LogP contribution < -0.4 is 0 Å². The molecule has 1 rings (SSSR count). The Bertz CT molecular complexity index is 142. The molecule has 0 aromatic carbocycles. The fourth-order valence-corrected chi connectivity index (χ4v) is 1.47. The van der Waals surface area contributed by atoms with Gasteiger partial charge in [0.25, 0.3) is 0 Å². The van der Waals surface area contributed by atoms with Crippen molar-refractivity contribution < 1.29 is 9.47 Å². The lowest BCUT2D eigenvalue weighted by Gasteiger charge is -2.40. The average Bonchev–Trinajstić information content (AvgIpc) is 2.02. The minimum Gasteiger partial charge on any atom is -0.475 e. The van der Waals surface area contributed by atoms with E-state index in [0.717, 1.165) is 6.42 Å². The number of allylic oxidation sites excluding steroid dienone is 1. The maximum Gasteiger partial charge on any atom is 0.188 e. The van der Waals surface area contributed by atoms with Crippen LogP contribution >= 0.6 is 0 Å². The predicted molar refractivity (Wildman–Crippen MR) is 48.7 cm³/mol. The van der Waals surface area contributed by atoms with Gasteiger partial charge in [0.15, 0.2) is 6.79 Å². The van der Waals surface area contributed by atoms with Gasteiger partial charge in [-0.25, -0.2) is 0 Å². The molecule has 0 aromatic heterocycles. The monoisotopic (exact) mass is 170 g/mol. The molecule has 0 aromatic rings. The lowest BCUT2D eigenvalue weighted by atomic mass is 9.78. The molecule has 2 nitrogen and oxygen atoms in total. The van der Waals surface area contributed by atoms with Gasteiger partial charge in [-0.3, -0.25) is 0 Å². The molecule has 1 aliphatic carbocycles. The molecule has 12 heavy (non-hydrogen) atoms. The number of ether oxygens (including phenoxy) is 2. The van der Waals surface area contributed by atoms with E-state index < -0.39 is 0 Å². The Kier molecular flexibility index (Phi) is 3.60. The molecule has 0 N–H and O–H groups in total. The van der Waals surface area contributed by atoms with Gasteiger partial charge in [0.2, 0.25) is 0 Å². The molecule has 0 unspecified atom stereocenters. The molecule has 0 amide bonds. The Morgan fingerprint density at radius 3 is 2.58 bits per heavy atom. The molecule has 0 aliphatic heterocycles. The quantitative estimate of drug-likeness (QED) is 0.359. The van der Waals surface area contributed by atoms with Crippen molar-refractivity contribution in [3.8, 4) is 0 Å². The summed E-state index contributed by atoms with van der Waals surface area (Å²) in [5.41, 5.74) is 0.154. The number of hydrogen-bond donors (Lipinski definition) is 0. The van der Waals surface area contributed by atoms with Crippen molar-refractivity contribution >= 4 is 0 Å². The van der Waals surface area contributed by atoms with Crippen LogP contribution in [0.1, 0.15) is 39.5 Å². The first kappa shape index (κ1) is 9.59. The Morgan fingerprint density at radius 1 is 1.42 bits per heavy atom. The van der Waals surface area contributed by atoms with Crippen LogP contribution in [0.5, 0.6) is 0 Å². The Morgan fingerprint density at radius 2 is 2.17 bits per heavy atom. The van der Waals surface area contributed by atoms with Gasteiger partial charge in [0.05, 0.1) is 11.9 Å². The van der Waals surface area contributed by atoms with E-state index in [1.54, 1.807) is 6.26 Å². The van der Waals surface area contributed by atoms with Gasteiger partial charge in [-0.2, -0.15) is 0 Å². The molecule has 0 bridgehead atoms. The van der Waals surface area contributed by atoms with Crippen molar-refractivity contribution in [3.05, 3.63) is 12.3 Å². The first-order valence-corrected chi connectivity index (χ1v) is 4.70. The molecule has 1 fully saturated rings. The van der Waals surface area contributed by atoms with E-state index in [0.29, 0.717) is 6.79 Å². The first-order chi connectivity index (χ1) is 5.83. The molecule has 0 atom stereocenters. The average molecular weight is 170 g/mol. The zero-order chi connectivity index (χ0) is 8.86. The van der Waals surface area contributed by atoms with Gasteiger partial charge in [0, 0.05) is 0 Å². The molecule has 1 saturated carbocycles. The second-order valence-electron chi connectivity index (χ2n) is 3.29. The third-order valence-electron chi connectivity index (χ3n) is 2.57. The van der Waals surface area contributed by atoms with Gasteiger partial charge in [-0.05, 0) is 32.6 Å². The Hall–Kier alpha value is -0.500. The van der Waals surface area contributed by atoms with Crippen LogP contribution in [0, 0.1) is 0 Å². The maximum absolute atomic E-state index is 5.64. The summed E-state index contributed by atoms with van der Waals surface area (Å²) in [5.74, 6) is 0. The normalized spacial score (nSPS) is 20.8. The fourth-order valence-electron chi connectivity index (χ4n) is 1.47. The second kappa shape index (κ2) is 4.51. The molecular formula is C10H18O2. The Labute approximate surface area is 74.6 Å². The first-order valence-electron chi connectivity index (χ1n) is 4.70. The van der Waals surface area contributed by atoms with E-state index in [-0.39, 0.29) is 5.60 Å². The van der Waals surface area contributed by atoms with Crippen molar-refractivity contribution in [2.75, 3.05) is 6.79 Å². The molecular weight excluding hydrogens is 152 g/mol. The summed E-state index contributed by atoms with van der Waals surface area (Å²) in [6.07, 6.45) is 8.33. The van der Waals surface area contributed by atoms with Crippen LogP contribution in [0.25, 0.3) is 0 Å². The lowest BCUT2D eigenvalue weighted by molar-refractivity contribution is -0.158. The summed E-state index contributed by atoms with van der Waals surface area (Å²) in [7, 11) is 0. The zero-order valence-corrected chi connectivity index (χ0v) is 8.01. The number of hydrogen-bond acceptors (Lipinski definition) is 2. The van der Waals surface area contributed by atoms with E-state index in [1.165, 1.54) is 19.3 Å². The van der Waals surface area contributed by atoms with Crippen LogP contribution in [0.4, 0.5) is 0 Å². The Balaban J connectivity index is 2.12. The third kappa shape index (κ3) is 2.24. The van der Waals surface area contributed by atoms with Gasteiger partial charge in [-0.15, -0.1) is 0 Å². The highest BCUT2D eigenvalue weighted by molar-refractivity contribution is 4.87. The predicted octanol–water partition coefficient (Wildman–Crippen LogP) is 2.84. The zero-order valence-electron chi connectivity index (χ0n) is 8.01. The van der Waals surface area contributed by atoms with E-state index in [2.05, 4.69) is 6.92 Å². The van der Waals surface area contributed by atoms with Crippen LogP contribution in [-0.4, -0.2) is 12.4 Å². The van der Waals surface area contributed by atoms with Gasteiger partial charge in [0.1, 0.15) is 0 Å². The molecule has 0 heterocycles. The van der Waals surface area contributed by atoms with Crippen LogP contribution in [0.2, 0.25) is 0 Å². The SMILES string of the molecule is CC=COCOC1(CC)CCC1. The third-order valence-corrected chi connectivity index (χ3v) is 2.57. The summed E-state index contributed by atoms with van der Waals surface area (Å²) in [4.78, 5) is 0. The molecule has 1 aliphatic rings. The van der Waals surface area contributed by atoms with E-state index in [9.17, 15) is 0 Å². The van der Waals surface area contributed by atoms with Crippen LogP contribution in [0.15, 0.2) is 12.3 Å². The standard InChI is InChI=1S/C10H18O2/c1-3-8-11-9-12-10(4-2)6-5-7-10/h3,8H,4-7,9H2,1-2H3. The molecule has 2 heteroatoms. The molecule has 0 radical (unpaired) electrons. The van der Waals surface area contributed by atoms with Crippen molar-refractivity contribution in [1.29, 1.82) is 0 Å². The van der Waals surface area contributed by atoms with Gasteiger partial charge < -0.3 is 9.47 Å². The van der Waals surface area contributed by atoms with Crippen molar-refractivity contribution in [3.63, 3.8) is 0 Å². The lowest BCUT2D eigenvalue weighted by Crippen LogP contribution is -2.39. The van der Waals surface area contributed by atoms with Crippen molar-refractivity contribution in [1.82, 2.24) is 0 Å². The number of rotatable bonds is 5. The van der Waals surface area contributed by atoms with E-state index in [4.69, 9.17) is 9.47 Å². The molecule has 0 saturated heterocycles. The van der Waals surface area contributed by atoms with E-state index >= 15 is 0 Å². The van der Waals surface area contributed by atoms with Gasteiger partial charge in [-0.1, -0.05) is 13.0 Å².